The zero-order valence-electron chi connectivity index (χ0n) is 13.9. The molecule has 0 aromatic carbocycles. The van der Waals surface area contributed by atoms with Crippen molar-refractivity contribution in [2.45, 2.75) is 38.1 Å². The minimum atomic E-state index is -0.0314. The van der Waals surface area contributed by atoms with E-state index in [4.69, 9.17) is 11.6 Å². The molecule has 1 saturated carbocycles. The van der Waals surface area contributed by atoms with Crippen molar-refractivity contribution in [3.05, 3.63) is 49.5 Å². The number of piperidine rings is 1. The number of thiophene rings is 1. The van der Waals surface area contributed by atoms with Gasteiger partial charge in [-0.1, -0.05) is 11.6 Å². The Hall–Kier alpha value is -1.66. The predicted octanol–water partition coefficient (Wildman–Crippen LogP) is 3.39. The standard InChI is InChI=1S/C18H20ClN3O2S/c19-16-5-4-15(25-16)18(24)21-9-7-12(8-10-21)11-22-17(23)6-3-14(20-22)13-1-2-13/h3-6,12-13H,1-2,7-11H2. The third-order valence-corrected chi connectivity index (χ3v) is 6.22. The third-order valence-electron chi connectivity index (χ3n) is 5.00. The van der Waals surface area contributed by atoms with Crippen LogP contribution in [0.2, 0.25) is 4.34 Å². The highest BCUT2D eigenvalue weighted by atomic mass is 35.5. The summed E-state index contributed by atoms with van der Waals surface area (Å²) in [6.07, 6.45) is 4.15. The van der Waals surface area contributed by atoms with Gasteiger partial charge in [-0.2, -0.15) is 5.10 Å². The van der Waals surface area contributed by atoms with Crippen molar-refractivity contribution in [3.8, 4) is 0 Å². The fraction of sp³-hybridized carbons (Fsp3) is 0.500. The van der Waals surface area contributed by atoms with Crippen molar-refractivity contribution < 1.29 is 4.79 Å². The van der Waals surface area contributed by atoms with E-state index in [1.165, 1.54) is 24.2 Å². The molecule has 2 fully saturated rings. The fourth-order valence-corrected chi connectivity index (χ4v) is 4.35. The first-order valence-electron chi connectivity index (χ1n) is 8.73. The van der Waals surface area contributed by atoms with Crippen LogP contribution in [0.15, 0.2) is 29.1 Å². The lowest BCUT2D eigenvalue weighted by molar-refractivity contribution is 0.0685. The molecule has 0 N–H and O–H groups in total. The van der Waals surface area contributed by atoms with Crippen LogP contribution in [0.25, 0.3) is 0 Å². The minimum absolute atomic E-state index is 0.0314. The summed E-state index contributed by atoms with van der Waals surface area (Å²) in [6.45, 7) is 2.08. The van der Waals surface area contributed by atoms with Crippen molar-refractivity contribution in [2.24, 2.45) is 5.92 Å². The van der Waals surface area contributed by atoms with Gasteiger partial charge in [-0.3, -0.25) is 9.59 Å². The number of nitrogens with zero attached hydrogens (tertiary/aromatic N) is 3. The highest BCUT2D eigenvalue weighted by Crippen LogP contribution is 2.38. The molecule has 1 aliphatic carbocycles. The monoisotopic (exact) mass is 377 g/mol. The lowest BCUT2D eigenvalue weighted by Gasteiger charge is -2.31. The molecular weight excluding hydrogens is 358 g/mol. The van der Waals surface area contributed by atoms with Crippen molar-refractivity contribution >= 4 is 28.8 Å². The molecule has 132 valence electrons. The van der Waals surface area contributed by atoms with Crippen LogP contribution in [-0.2, 0) is 6.54 Å². The highest BCUT2D eigenvalue weighted by molar-refractivity contribution is 7.17. The number of hydrogen-bond acceptors (Lipinski definition) is 4. The largest absolute Gasteiger partial charge is 0.338 e. The van der Waals surface area contributed by atoms with Gasteiger partial charge in [-0.25, -0.2) is 4.68 Å². The Labute approximate surface area is 155 Å². The number of carbonyl (C=O) groups excluding carboxylic acids is 1. The normalized spacial score (nSPS) is 18.5. The first-order valence-corrected chi connectivity index (χ1v) is 9.92. The van der Waals surface area contributed by atoms with E-state index in [9.17, 15) is 9.59 Å². The summed E-state index contributed by atoms with van der Waals surface area (Å²) in [5, 5.41) is 4.54. The van der Waals surface area contributed by atoms with E-state index < -0.39 is 0 Å². The molecule has 0 bridgehead atoms. The fourth-order valence-electron chi connectivity index (χ4n) is 3.34. The molecule has 0 unspecified atom stereocenters. The highest BCUT2D eigenvalue weighted by Gasteiger charge is 2.27. The molecule has 1 aliphatic heterocycles. The van der Waals surface area contributed by atoms with E-state index in [1.807, 2.05) is 11.0 Å². The Morgan fingerprint density at radius 3 is 2.56 bits per heavy atom. The van der Waals surface area contributed by atoms with Crippen LogP contribution in [0.1, 0.15) is 47.0 Å². The lowest BCUT2D eigenvalue weighted by Crippen LogP contribution is -2.40. The van der Waals surface area contributed by atoms with Crippen molar-refractivity contribution in [1.29, 1.82) is 0 Å². The van der Waals surface area contributed by atoms with Gasteiger partial charge in [0.05, 0.1) is 14.9 Å². The van der Waals surface area contributed by atoms with Gasteiger partial charge in [0.2, 0.25) is 0 Å². The Balaban J connectivity index is 1.37. The minimum Gasteiger partial charge on any atom is -0.338 e. The molecule has 1 amide bonds. The van der Waals surface area contributed by atoms with Crippen LogP contribution in [0, 0.1) is 5.92 Å². The maximum atomic E-state index is 12.5. The maximum Gasteiger partial charge on any atom is 0.266 e. The zero-order valence-corrected chi connectivity index (χ0v) is 15.4. The van der Waals surface area contributed by atoms with Crippen molar-refractivity contribution in [2.75, 3.05) is 13.1 Å². The third kappa shape index (κ3) is 3.80. The van der Waals surface area contributed by atoms with Gasteiger partial charge in [0.1, 0.15) is 0 Å². The first-order chi connectivity index (χ1) is 12.1. The molecule has 0 spiro atoms. The molecule has 5 nitrogen and oxygen atoms in total. The van der Waals surface area contributed by atoms with Crippen LogP contribution in [0.3, 0.4) is 0 Å². The molecule has 2 aromatic rings. The summed E-state index contributed by atoms with van der Waals surface area (Å²) >= 11 is 7.24. The van der Waals surface area contributed by atoms with E-state index in [-0.39, 0.29) is 11.5 Å². The Bertz CT molecular complexity index is 835. The molecule has 4 rings (SSSR count). The van der Waals surface area contributed by atoms with Crippen LogP contribution >= 0.6 is 22.9 Å². The number of rotatable bonds is 4. The number of carbonyl (C=O) groups is 1. The summed E-state index contributed by atoms with van der Waals surface area (Å²) in [5.41, 5.74) is 1.01. The van der Waals surface area contributed by atoms with E-state index in [1.54, 1.807) is 22.9 Å². The molecule has 7 heteroatoms. The van der Waals surface area contributed by atoms with Gasteiger partial charge in [0, 0.05) is 31.6 Å². The molecule has 0 radical (unpaired) electrons. The number of aromatic nitrogens is 2. The average Bonchev–Trinajstić information content (AvgIpc) is 3.38. The second kappa shape index (κ2) is 6.92. The van der Waals surface area contributed by atoms with E-state index in [0.717, 1.165) is 31.6 Å². The van der Waals surface area contributed by atoms with Gasteiger partial charge < -0.3 is 4.90 Å². The Kier molecular flexibility index (Phi) is 4.65. The molecular formula is C18H20ClN3O2S. The summed E-state index contributed by atoms with van der Waals surface area (Å²) in [6, 6.07) is 7.05. The average molecular weight is 378 g/mol. The quantitative estimate of drug-likeness (QED) is 0.820. The number of hydrogen-bond donors (Lipinski definition) is 0. The Morgan fingerprint density at radius 1 is 1.16 bits per heavy atom. The van der Waals surface area contributed by atoms with Gasteiger partial charge in [-0.15, -0.1) is 11.3 Å². The summed E-state index contributed by atoms with van der Waals surface area (Å²) in [5.74, 6) is 0.987. The first kappa shape index (κ1) is 16.8. The molecule has 2 aliphatic rings. The smallest absolute Gasteiger partial charge is 0.266 e. The predicted molar refractivity (Wildman–Crippen MR) is 98.4 cm³/mol. The number of amides is 1. The Morgan fingerprint density at radius 2 is 1.92 bits per heavy atom. The van der Waals surface area contributed by atoms with E-state index >= 15 is 0 Å². The van der Waals surface area contributed by atoms with Crippen molar-refractivity contribution in [1.82, 2.24) is 14.7 Å². The number of halogens is 1. The van der Waals surface area contributed by atoms with Gasteiger partial charge >= 0.3 is 0 Å². The van der Waals surface area contributed by atoms with E-state index in [0.29, 0.717) is 27.6 Å². The van der Waals surface area contributed by atoms with Crippen LogP contribution in [0.5, 0.6) is 0 Å². The molecule has 25 heavy (non-hydrogen) atoms. The molecule has 1 saturated heterocycles. The maximum absolute atomic E-state index is 12.5. The van der Waals surface area contributed by atoms with Gasteiger partial charge in [0.25, 0.3) is 11.5 Å². The molecule has 0 atom stereocenters. The topological polar surface area (TPSA) is 55.2 Å². The zero-order chi connectivity index (χ0) is 17.4. The SMILES string of the molecule is O=C(c1ccc(Cl)s1)N1CCC(Cn2nc(C3CC3)ccc2=O)CC1. The number of likely N-dealkylation sites (tertiary alicyclic amines) is 1. The molecule has 2 aromatic heterocycles. The van der Waals surface area contributed by atoms with Gasteiger partial charge in [-0.05, 0) is 49.8 Å². The summed E-state index contributed by atoms with van der Waals surface area (Å²) in [4.78, 5) is 27.1. The second-order valence-corrected chi connectivity index (χ2v) is 8.61. The van der Waals surface area contributed by atoms with Gasteiger partial charge in [0.15, 0.2) is 0 Å². The van der Waals surface area contributed by atoms with Crippen molar-refractivity contribution in [3.63, 3.8) is 0 Å². The van der Waals surface area contributed by atoms with Crippen LogP contribution in [0.4, 0.5) is 0 Å². The lowest BCUT2D eigenvalue weighted by atomic mass is 9.96. The summed E-state index contributed by atoms with van der Waals surface area (Å²) in [7, 11) is 0. The van der Waals surface area contributed by atoms with Crippen LogP contribution in [-0.4, -0.2) is 33.7 Å². The van der Waals surface area contributed by atoms with Crippen LogP contribution < -0.4 is 5.56 Å². The molecule has 3 heterocycles. The second-order valence-electron chi connectivity index (χ2n) is 6.89. The summed E-state index contributed by atoms with van der Waals surface area (Å²) < 4.78 is 2.26. The van der Waals surface area contributed by atoms with E-state index in [2.05, 4.69) is 5.10 Å².